The van der Waals surface area contributed by atoms with E-state index in [-0.39, 0.29) is 5.95 Å². The third-order valence-corrected chi connectivity index (χ3v) is 3.68. The van der Waals surface area contributed by atoms with E-state index in [1.807, 2.05) is 0 Å². The van der Waals surface area contributed by atoms with Gasteiger partial charge in [-0.3, -0.25) is 0 Å². The lowest BCUT2D eigenvalue weighted by Gasteiger charge is -2.15. The molecule has 0 amide bonds. The highest BCUT2D eigenvalue weighted by Crippen LogP contribution is 2.13. The van der Waals surface area contributed by atoms with Crippen molar-refractivity contribution in [1.29, 1.82) is 0 Å². The molecule has 1 N–H and O–H groups in total. The Bertz CT molecular complexity index is 414. The Morgan fingerprint density at radius 2 is 1.80 bits per heavy atom. The molecule has 82 valence electrons. The van der Waals surface area contributed by atoms with Crippen LogP contribution in [-0.2, 0) is 10.2 Å². The van der Waals surface area contributed by atoms with E-state index < -0.39 is 10.2 Å². The fraction of sp³-hybridized carbons (Fsp3) is 0.500. The Balaban J connectivity index is 2.11. The zero-order valence-electron chi connectivity index (χ0n) is 8.13. The Morgan fingerprint density at radius 3 is 2.40 bits per heavy atom. The van der Waals surface area contributed by atoms with Crippen LogP contribution in [-0.4, -0.2) is 35.8 Å². The van der Waals surface area contributed by atoms with Crippen LogP contribution in [0.15, 0.2) is 18.5 Å². The highest BCUT2D eigenvalue weighted by atomic mass is 32.2. The third kappa shape index (κ3) is 2.42. The molecule has 0 radical (unpaired) electrons. The first-order valence-corrected chi connectivity index (χ1v) is 6.17. The van der Waals surface area contributed by atoms with E-state index >= 15 is 0 Å². The average Bonchev–Trinajstić information content (AvgIpc) is 2.71. The van der Waals surface area contributed by atoms with Crippen LogP contribution in [0, 0.1) is 0 Å². The molecular formula is C8H12N4O2S. The molecule has 15 heavy (non-hydrogen) atoms. The summed E-state index contributed by atoms with van der Waals surface area (Å²) < 4.78 is 27.2. The standard InChI is InChI=1S/C8H12N4O2S/c13-15(14,12-6-1-2-7-12)11-8-9-4-3-5-10-8/h3-5H,1-2,6-7H2,(H,9,10,11). The summed E-state index contributed by atoms with van der Waals surface area (Å²) in [6, 6.07) is 1.63. The maximum absolute atomic E-state index is 11.7. The molecule has 1 fully saturated rings. The van der Waals surface area contributed by atoms with Crippen LogP contribution in [0.2, 0.25) is 0 Å². The minimum absolute atomic E-state index is 0.115. The fourth-order valence-electron chi connectivity index (χ4n) is 1.46. The molecule has 1 aliphatic rings. The molecule has 0 unspecified atom stereocenters. The SMILES string of the molecule is O=S(=O)(Nc1ncccn1)N1CCCC1. The highest BCUT2D eigenvalue weighted by molar-refractivity contribution is 7.90. The van der Waals surface area contributed by atoms with Crippen molar-refractivity contribution < 1.29 is 8.42 Å². The van der Waals surface area contributed by atoms with Crippen molar-refractivity contribution in [3.63, 3.8) is 0 Å². The topological polar surface area (TPSA) is 75.2 Å². The van der Waals surface area contributed by atoms with Gasteiger partial charge in [0.05, 0.1) is 0 Å². The zero-order valence-corrected chi connectivity index (χ0v) is 8.94. The van der Waals surface area contributed by atoms with Gasteiger partial charge in [-0.15, -0.1) is 0 Å². The Kier molecular flexibility index (Phi) is 2.83. The number of nitrogens with one attached hydrogen (secondary N) is 1. The third-order valence-electron chi connectivity index (χ3n) is 2.19. The number of hydrogen-bond donors (Lipinski definition) is 1. The van der Waals surface area contributed by atoms with E-state index in [9.17, 15) is 8.42 Å². The fourth-order valence-corrected chi connectivity index (χ4v) is 2.66. The molecule has 1 aromatic rings. The van der Waals surface area contributed by atoms with Crippen molar-refractivity contribution in [3.05, 3.63) is 18.5 Å². The van der Waals surface area contributed by atoms with Crippen LogP contribution in [0.1, 0.15) is 12.8 Å². The Morgan fingerprint density at radius 1 is 1.20 bits per heavy atom. The van der Waals surface area contributed by atoms with Gasteiger partial charge in [0, 0.05) is 25.5 Å². The summed E-state index contributed by atoms with van der Waals surface area (Å²) in [4.78, 5) is 7.61. The Hall–Kier alpha value is -1.21. The number of aromatic nitrogens is 2. The average molecular weight is 228 g/mol. The van der Waals surface area contributed by atoms with Gasteiger partial charge in [-0.2, -0.15) is 12.7 Å². The van der Waals surface area contributed by atoms with Gasteiger partial charge < -0.3 is 0 Å². The van der Waals surface area contributed by atoms with Crippen LogP contribution in [0.3, 0.4) is 0 Å². The van der Waals surface area contributed by atoms with Crippen molar-refractivity contribution in [1.82, 2.24) is 14.3 Å². The van der Waals surface area contributed by atoms with E-state index in [1.165, 1.54) is 16.7 Å². The molecule has 2 heterocycles. The van der Waals surface area contributed by atoms with Crippen molar-refractivity contribution in [3.8, 4) is 0 Å². The van der Waals surface area contributed by atoms with E-state index in [1.54, 1.807) is 6.07 Å². The smallest absolute Gasteiger partial charge is 0.238 e. The van der Waals surface area contributed by atoms with Crippen LogP contribution < -0.4 is 4.72 Å². The van der Waals surface area contributed by atoms with Crippen LogP contribution >= 0.6 is 0 Å². The lowest BCUT2D eigenvalue weighted by Crippen LogP contribution is -2.33. The maximum atomic E-state index is 11.7. The molecule has 1 saturated heterocycles. The molecule has 0 spiro atoms. The summed E-state index contributed by atoms with van der Waals surface area (Å²) in [5.74, 6) is 0.115. The molecule has 0 aromatic carbocycles. The normalized spacial score (nSPS) is 17.9. The van der Waals surface area contributed by atoms with Crippen molar-refractivity contribution in [2.45, 2.75) is 12.8 Å². The van der Waals surface area contributed by atoms with E-state index in [0.717, 1.165) is 12.8 Å². The number of anilines is 1. The molecule has 0 atom stereocenters. The van der Waals surface area contributed by atoms with E-state index in [4.69, 9.17) is 0 Å². The summed E-state index contributed by atoms with van der Waals surface area (Å²) in [7, 11) is -3.45. The molecule has 2 rings (SSSR count). The molecule has 0 aliphatic carbocycles. The summed E-state index contributed by atoms with van der Waals surface area (Å²) in [6.07, 6.45) is 4.82. The molecule has 7 heteroatoms. The molecule has 0 saturated carbocycles. The summed E-state index contributed by atoms with van der Waals surface area (Å²) >= 11 is 0. The molecule has 1 aliphatic heterocycles. The maximum Gasteiger partial charge on any atom is 0.303 e. The highest BCUT2D eigenvalue weighted by Gasteiger charge is 2.25. The van der Waals surface area contributed by atoms with Crippen molar-refractivity contribution in [2.24, 2.45) is 0 Å². The lowest BCUT2D eigenvalue weighted by molar-refractivity contribution is 0.482. The quantitative estimate of drug-likeness (QED) is 0.803. The van der Waals surface area contributed by atoms with Gasteiger partial charge in [0.15, 0.2) is 0 Å². The summed E-state index contributed by atoms with van der Waals surface area (Å²) in [5, 5.41) is 0. The second-order valence-electron chi connectivity index (χ2n) is 3.29. The minimum atomic E-state index is -3.45. The molecule has 0 bridgehead atoms. The monoisotopic (exact) mass is 228 g/mol. The largest absolute Gasteiger partial charge is 0.303 e. The van der Waals surface area contributed by atoms with Crippen LogP contribution in [0.25, 0.3) is 0 Å². The number of rotatable bonds is 3. The van der Waals surface area contributed by atoms with Gasteiger partial charge in [0.25, 0.3) is 0 Å². The molecule has 1 aromatic heterocycles. The van der Waals surface area contributed by atoms with E-state index in [0.29, 0.717) is 13.1 Å². The van der Waals surface area contributed by atoms with Gasteiger partial charge in [-0.1, -0.05) is 0 Å². The summed E-state index contributed by atoms with van der Waals surface area (Å²) in [6.45, 7) is 1.14. The van der Waals surface area contributed by atoms with Crippen LogP contribution in [0.5, 0.6) is 0 Å². The van der Waals surface area contributed by atoms with Gasteiger partial charge in [0.2, 0.25) is 5.95 Å². The first kappa shape index (κ1) is 10.3. The predicted octanol–water partition coefficient (Wildman–Crippen LogP) is 0.229. The first-order chi connectivity index (χ1) is 7.18. The van der Waals surface area contributed by atoms with Gasteiger partial charge in [-0.25, -0.2) is 14.7 Å². The molecule has 6 nitrogen and oxygen atoms in total. The van der Waals surface area contributed by atoms with Crippen LogP contribution in [0.4, 0.5) is 5.95 Å². The second-order valence-corrected chi connectivity index (χ2v) is 4.96. The first-order valence-electron chi connectivity index (χ1n) is 4.73. The number of hydrogen-bond acceptors (Lipinski definition) is 4. The lowest BCUT2D eigenvalue weighted by atomic mass is 10.4. The number of nitrogens with zero attached hydrogens (tertiary/aromatic N) is 3. The van der Waals surface area contributed by atoms with Crippen molar-refractivity contribution in [2.75, 3.05) is 17.8 Å². The van der Waals surface area contributed by atoms with Gasteiger partial charge in [0.1, 0.15) is 0 Å². The second kappa shape index (κ2) is 4.11. The van der Waals surface area contributed by atoms with E-state index in [2.05, 4.69) is 14.7 Å². The predicted molar refractivity (Wildman–Crippen MR) is 55.4 cm³/mol. The summed E-state index contributed by atoms with van der Waals surface area (Å²) in [5.41, 5.74) is 0. The van der Waals surface area contributed by atoms with Gasteiger partial charge in [-0.05, 0) is 18.9 Å². The minimum Gasteiger partial charge on any atom is -0.238 e. The zero-order chi connectivity index (χ0) is 10.7. The van der Waals surface area contributed by atoms with Crippen molar-refractivity contribution >= 4 is 16.2 Å². The van der Waals surface area contributed by atoms with Gasteiger partial charge >= 0.3 is 10.2 Å². The Labute approximate surface area is 88.5 Å². The molecular weight excluding hydrogens is 216 g/mol.